The summed E-state index contributed by atoms with van der Waals surface area (Å²) in [6, 6.07) is 7.89. The van der Waals surface area contributed by atoms with E-state index in [0.29, 0.717) is 31.5 Å². The van der Waals surface area contributed by atoms with Gasteiger partial charge in [0.15, 0.2) is 0 Å². The van der Waals surface area contributed by atoms with Gasteiger partial charge in [0.2, 0.25) is 21.8 Å². The van der Waals surface area contributed by atoms with Gasteiger partial charge in [-0.05, 0) is 68.1 Å². The summed E-state index contributed by atoms with van der Waals surface area (Å²) in [4.78, 5) is 20.6. The van der Waals surface area contributed by atoms with Crippen molar-refractivity contribution in [1.82, 2.24) is 24.9 Å². The van der Waals surface area contributed by atoms with Crippen LogP contribution in [0.25, 0.3) is 0 Å². The number of alkyl halides is 3. The molecule has 2 aliphatic heterocycles. The highest BCUT2D eigenvalue weighted by atomic mass is 32.2. The van der Waals surface area contributed by atoms with E-state index in [2.05, 4.69) is 25.9 Å². The number of halogens is 5. The van der Waals surface area contributed by atoms with Gasteiger partial charge in [0.25, 0.3) is 0 Å². The van der Waals surface area contributed by atoms with Gasteiger partial charge in [-0.2, -0.15) is 17.5 Å². The lowest BCUT2D eigenvalue weighted by Crippen LogP contribution is -2.57. The van der Waals surface area contributed by atoms with Crippen molar-refractivity contribution in [3.63, 3.8) is 0 Å². The van der Waals surface area contributed by atoms with Gasteiger partial charge in [0, 0.05) is 54.7 Å². The molecule has 242 valence electrons. The Labute approximate surface area is 257 Å². The third-order valence-corrected chi connectivity index (χ3v) is 10.3. The number of nitrogens with one attached hydrogen (secondary N) is 3. The maximum absolute atomic E-state index is 15.2. The van der Waals surface area contributed by atoms with Crippen LogP contribution in [0.4, 0.5) is 27.6 Å². The Morgan fingerprint density at radius 2 is 1.80 bits per heavy atom. The van der Waals surface area contributed by atoms with Crippen molar-refractivity contribution >= 4 is 21.6 Å². The van der Waals surface area contributed by atoms with Crippen molar-refractivity contribution in [2.45, 2.75) is 55.9 Å². The number of hydrogen-bond donors (Lipinski definition) is 3. The van der Waals surface area contributed by atoms with Crippen LogP contribution in [-0.2, 0) is 27.4 Å². The van der Waals surface area contributed by atoms with Crippen LogP contribution in [0.3, 0.4) is 0 Å². The predicted molar refractivity (Wildman–Crippen MR) is 157 cm³/mol. The van der Waals surface area contributed by atoms with E-state index in [1.54, 1.807) is 0 Å². The number of hydrogen-bond acceptors (Lipinski definition) is 7. The number of fused-ring (bicyclic) bond motifs is 2. The number of likely N-dealkylation sites (N-methyl/N-ethyl adjacent to an activating group) is 1. The molecule has 2 saturated heterocycles. The van der Waals surface area contributed by atoms with Crippen molar-refractivity contribution < 1.29 is 35.2 Å². The van der Waals surface area contributed by atoms with Crippen molar-refractivity contribution in [3.05, 3.63) is 89.0 Å². The highest BCUT2D eigenvalue weighted by Gasteiger charge is 2.39. The normalized spacial score (nSPS) is 22.7. The average Bonchev–Trinajstić information content (AvgIpc) is 3.11. The molecule has 5 atom stereocenters. The number of carbonyl (C=O) groups is 1. The Kier molecular flexibility index (Phi) is 9.82. The summed E-state index contributed by atoms with van der Waals surface area (Å²) in [7, 11) is -1.97. The maximum Gasteiger partial charge on any atom is 0.451 e. The first-order valence-electron chi connectivity index (χ1n) is 14.5. The van der Waals surface area contributed by atoms with Crippen molar-refractivity contribution in [2.24, 2.45) is 0 Å². The number of benzene rings is 2. The van der Waals surface area contributed by atoms with E-state index in [4.69, 9.17) is 0 Å². The van der Waals surface area contributed by atoms with Gasteiger partial charge in [-0.15, -0.1) is 0 Å². The number of amides is 1. The molecule has 1 unspecified atom stereocenters. The van der Waals surface area contributed by atoms with Crippen LogP contribution in [0.2, 0.25) is 0 Å². The molecule has 3 aromatic rings. The highest BCUT2D eigenvalue weighted by Crippen LogP contribution is 2.32. The van der Waals surface area contributed by atoms with Gasteiger partial charge in [-0.1, -0.05) is 18.2 Å². The molecule has 3 heterocycles. The lowest BCUT2D eigenvalue weighted by molar-refractivity contribution is -0.145. The second kappa shape index (κ2) is 13.4. The monoisotopic (exact) mass is 652 g/mol. The Morgan fingerprint density at radius 3 is 2.47 bits per heavy atom. The topological polar surface area (TPSA) is 116 Å². The number of anilines is 1. The van der Waals surface area contributed by atoms with Crippen molar-refractivity contribution in [3.8, 4) is 0 Å². The molecule has 5 rings (SSSR count). The fraction of sp³-hybridized carbons (Fsp3) is 0.433. The molecular formula is C30H33F5N6O3S. The third-order valence-electron chi connectivity index (χ3n) is 8.31. The molecule has 3 N–H and O–H groups in total. The molecule has 0 saturated carbocycles. The summed E-state index contributed by atoms with van der Waals surface area (Å²) in [5.41, 5.74) is 0.911. The number of aromatic nitrogens is 2. The molecule has 15 heteroatoms. The molecule has 1 aromatic heterocycles. The van der Waals surface area contributed by atoms with Crippen LogP contribution in [0.15, 0.2) is 54.9 Å². The lowest BCUT2D eigenvalue weighted by Gasteiger charge is -2.37. The number of sulfonamides is 1. The predicted octanol–water partition coefficient (Wildman–Crippen LogP) is 3.83. The molecule has 0 radical (unpaired) electrons. The van der Waals surface area contributed by atoms with Crippen LogP contribution in [0, 0.1) is 11.6 Å². The van der Waals surface area contributed by atoms with Gasteiger partial charge < -0.3 is 16.0 Å². The first kappa shape index (κ1) is 32.9. The number of nitrogens with zero attached hydrogens (tertiary/aromatic N) is 3. The highest BCUT2D eigenvalue weighted by molar-refractivity contribution is 7.89. The van der Waals surface area contributed by atoms with E-state index < -0.39 is 51.5 Å². The van der Waals surface area contributed by atoms with Gasteiger partial charge in [-0.25, -0.2) is 27.2 Å². The molecular weight excluding hydrogens is 619 g/mol. The number of rotatable bonds is 9. The van der Waals surface area contributed by atoms with Gasteiger partial charge in [0.1, 0.15) is 11.6 Å². The SMILES string of the molecule is CN[C@H](C(=O)Nc1cccc(F)c1CC[C@H]1CN[C@@H]2CCCS(=O)(=O)N1C2)[C@@H](c1ccc(F)cc1)c1cnc(C(F)(F)F)nc1. The second-order valence-corrected chi connectivity index (χ2v) is 13.3. The third kappa shape index (κ3) is 7.48. The summed E-state index contributed by atoms with van der Waals surface area (Å²) in [6.45, 7) is 0.784. The number of piperazine rings is 1. The zero-order chi connectivity index (χ0) is 32.4. The van der Waals surface area contributed by atoms with Crippen molar-refractivity contribution in [1.29, 1.82) is 0 Å². The van der Waals surface area contributed by atoms with Crippen LogP contribution in [-0.4, -0.2) is 72.6 Å². The van der Waals surface area contributed by atoms with Crippen LogP contribution < -0.4 is 16.0 Å². The summed E-state index contributed by atoms with van der Waals surface area (Å²) in [6.07, 6.45) is -1.08. The Balaban J connectivity index is 1.40. The van der Waals surface area contributed by atoms with Crippen LogP contribution in [0.5, 0.6) is 0 Å². The first-order valence-corrected chi connectivity index (χ1v) is 16.1. The zero-order valence-electron chi connectivity index (χ0n) is 24.3. The second-order valence-electron chi connectivity index (χ2n) is 11.2. The van der Waals surface area contributed by atoms with E-state index in [1.807, 2.05) is 0 Å². The molecule has 2 bridgehead atoms. The smallest absolute Gasteiger partial charge is 0.324 e. The van der Waals surface area contributed by atoms with E-state index in [1.165, 1.54) is 41.7 Å². The largest absolute Gasteiger partial charge is 0.451 e. The minimum absolute atomic E-state index is 0.0628. The lowest BCUT2D eigenvalue weighted by atomic mass is 9.85. The molecule has 0 aliphatic carbocycles. The number of carbonyl (C=O) groups excluding carboxylic acids is 1. The van der Waals surface area contributed by atoms with Crippen LogP contribution in [0.1, 0.15) is 47.7 Å². The maximum atomic E-state index is 15.2. The molecule has 2 fully saturated rings. The first-order chi connectivity index (χ1) is 21.4. The van der Waals surface area contributed by atoms with Gasteiger partial charge in [-0.3, -0.25) is 4.79 Å². The fourth-order valence-corrected chi connectivity index (χ4v) is 7.84. The van der Waals surface area contributed by atoms with Crippen molar-refractivity contribution in [2.75, 3.05) is 31.2 Å². The molecule has 2 aromatic carbocycles. The van der Waals surface area contributed by atoms with Crippen LogP contribution >= 0.6 is 0 Å². The summed E-state index contributed by atoms with van der Waals surface area (Å²) >= 11 is 0. The van der Waals surface area contributed by atoms with Gasteiger partial charge >= 0.3 is 6.18 Å². The molecule has 1 amide bonds. The van der Waals surface area contributed by atoms with E-state index in [0.717, 1.165) is 30.9 Å². The average molecular weight is 653 g/mol. The fourth-order valence-electron chi connectivity index (χ4n) is 6.04. The molecule has 2 aliphatic rings. The Morgan fingerprint density at radius 1 is 1.09 bits per heavy atom. The molecule has 0 spiro atoms. The van der Waals surface area contributed by atoms with Gasteiger partial charge in [0.05, 0.1) is 11.8 Å². The Bertz CT molecular complexity index is 1610. The van der Waals surface area contributed by atoms with E-state index in [9.17, 15) is 30.8 Å². The quantitative estimate of drug-likeness (QED) is 0.301. The minimum atomic E-state index is -4.77. The zero-order valence-corrected chi connectivity index (χ0v) is 25.1. The van der Waals surface area contributed by atoms with E-state index in [-0.39, 0.29) is 41.1 Å². The molecule has 9 nitrogen and oxygen atoms in total. The standard InChI is InChI=1S/C30H33F5N6O3S/c1-36-27(26(18-7-9-20(31)10-8-18)19-14-38-29(39-15-19)30(33,34)35)28(42)40-25-6-2-5-24(32)23(25)12-11-22-16-37-21-4-3-13-45(43,44)41(22)17-21/h2,5-10,14-15,21-22,26-27,36-37H,3-4,11-13,16-17H2,1H3,(H,40,42)/t21-,22+,26+,27+/m1/s1. The summed E-state index contributed by atoms with van der Waals surface area (Å²) < 4.78 is 95.7. The molecule has 45 heavy (non-hydrogen) atoms. The minimum Gasteiger partial charge on any atom is -0.324 e. The summed E-state index contributed by atoms with van der Waals surface area (Å²) in [5.74, 6) is -4.02. The van der Waals surface area contributed by atoms with E-state index >= 15 is 4.39 Å². The Hall–Kier alpha value is -3.53. The summed E-state index contributed by atoms with van der Waals surface area (Å²) in [5, 5.41) is 9.00.